The first-order valence-corrected chi connectivity index (χ1v) is 10.1. The van der Waals surface area contributed by atoms with Gasteiger partial charge in [0, 0.05) is 15.2 Å². The van der Waals surface area contributed by atoms with E-state index in [2.05, 4.69) is 21.2 Å². The van der Waals surface area contributed by atoms with Gasteiger partial charge < -0.3 is 5.32 Å². The molecule has 1 aliphatic heterocycles. The average Bonchev–Trinajstić information content (AvgIpc) is 2.96. The van der Waals surface area contributed by atoms with Crippen molar-refractivity contribution in [3.8, 4) is 0 Å². The van der Waals surface area contributed by atoms with Crippen LogP contribution in [0.15, 0.2) is 83.0 Å². The molecule has 0 atom stereocenters. The number of carbonyl (C=O) groups excluding carboxylic acids is 2. The second-order valence-electron chi connectivity index (χ2n) is 6.58. The van der Waals surface area contributed by atoms with Gasteiger partial charge in [-0.2, -0.15) is 0 Å². The molecule has 0 bridgehead atoms. The fourth-order valence-electron chi connectivity index (χ4n) is 3.25. The Kier molecular flexibility index (Phi) is 5.26. The Morgan fingerprint density at radius 3 is 2.34 bits per heavy atom. The standard InChI is InChI=1S/C23H16BrClN2O2/c1-14-18(25)11-6-12-19(14)26-21-20(15-7-3-2-4-8-15)22(28)27(23(21)29)17-10-5-9-16(24)13-17/h2-13,26H,1H3. The van der Waals surface area contributed by atoms with Gasteiger partial charge in [0.05, 0.1) is 11.3 Å². The number of nitrogens with one attached hydrogen (secondary N) is 1. The van der Waals surface area contributed by atoms with Crippen molar-refractivity contribution in [2.45, 2.75) is 6.92 Å². The van der Waals surface area contributed by atoms with Crippen LogP contribution in [0.2, 0.25) is 5.02 Å². The molecule has 2 amide bonds. The SMILES string of the molecule is Cc1c(Cl)cccc1NC1=C(c2ccccc2)C(=O)N(c2cccc(Br)c2)C1=O. The van der Waals surface area contributed by atoms with Crippen molar-refractivity contribution in [3.05, 3.63) is 99.1 Å². The summed E-state index contributed by atoms with van der Waals surface area (Å²) in [5, 5.41) is 3.75. The van der Waals surface area contributed by atoms with Crippen molar-refractivity contribution in [2.24, 2.45) is 0 Å². The van der Waals surface area contributed by atoms with Crippen LogP contribution in [0.25, 0.3) is 5.57 Å². The van der Waals surface area contributed by atoms with E-state index >= 15 is 0 Å². The molecule has 1 N–H and O–H groups in total. The van der Waals surface area contributed by atoms with Gasteiger partial charge in [-0.1, -0.05) is 70.0 Å². The summed E-state index contributed by atoms with van der Waals surface area (Å²) in [6.45, 7) is 1.86. The minimum absolute atomic E-state index is 0.228. The van der Waals surface area contributed by atoms with Crippen molar-refractivity contribution < 1.29 is 9.59 Å². The van der Waals surface area contributed by atoms with E-state index in [4.69, 9.17) is 11.6 Å². The van der Waals surface area contributed by atoms with Crippen LogP contribution in [-0.4, -0.2) is 11.8 Å². The van der Waals surface area contributed by atoms with Crippen molar-refractivity contribution >= 4 is 56.3 Å². The molecular weight excluding hydrogens is 452 g/mol. The number of halogens is 2. The van der Waals surface area contributed by atoms with Crippen LogP contribution in [0.1, 0.15) is 11.1 Å². The third-order valence-corrected chi connectivity index (χ3v) is 5.64. The lowest BCUT2D eigenvalue weighted by Gasteiger charge is -2.16. The molecule has 0 radical (unpaired) electrons. The van der Waals surface area contributed by atoms with Gasteiger partial charge in [-0.3, -0.25) is 9.59 Å². The highest BCUT2D eigenvalue weighted by Gasteiger charge is 2.40. The van der Waals surface area contributed by atoms with Gasteiger partial charge in [0.2, 0.25) is 0 Å². The molecule has 4 nitrogen and oxygen atoms in total. The van der Waals surface area contributed by atoms with E-state index in [1.807, 2.05) is 49.4 Å². The maximum atomic E-state index is 13.3. The number of hydrogen-bond donors (Lipinski definition) is 1. The molecule has 4 rings (SSSR count). The summed E-state index contributed by atoms with van der Waals surface area (Å²) in [5.74, 6) is -0.784. The predicted octanol–water partition coefficient (Wildman–Crippen LogP) is 5.81. The van der Waals surface area contributed by atoms with Crippen LogP contribution < -0.4 is 10.2 Å². The van der Waals surface area contributed by atoms with Crippen molar-refractivity contribution in [1.82, 2.24) is 0 Å². The van der Waals surface area contributed by atoms with E-state index in [-0.39, 0.29) is 11.6 Å². The number of carbonyl (C=O) groups is 2. The second-order valence-corrected chi connectivity index (χ2v) is 7.90. The van der Waals surface area contributed by atoms with Crippen molar-refractivity contribution in [1.29, 1.82) is 0 Å². The molecule has 0 saturated carbocycles. The minimum atomic E-state index is -0.411. The molecule has 0 spiro atoms. The zero-order valence-corrected chi connectivity index (χ0v) is 17.8. The van der Waals surface area contributed by atoms with Gasteiger partial charge in [0.25, 0.3) is 11.8 Å². The molecule has 0 aliphatic carbocycles. The number of amides is 2. The molecule has 29 heavy (non-hydrogen) atoms. The summed E-state index contributed by atoms with van der Waals surface area (Å²) in [6, 6.07) is 21.7. The third-order valence-electron chi connectivity index (χ3n) is 4.74. The first kappa shape index (κ1) is 19.4. The highest BCUT2D eigenvalue weighted by molar-refractivity contribution is 9.10. The summed E-state index contributed by atoms with van der Waals surface area (Å²) < 4.78 is 0.781. The van der Waals surface area contributed by atoms with Crippen molar-refractivity contribution in [3.63, 3.8) is 0 Å². The van der Waals surface area contributed by atoms with Crippen LogP contribution in [0.5, 0.6) is 0 Å². The second kappa shape index (κ2) is 7.85. The molecular formula is C23H16BrClN2O2. The van der Waals surface area contributed by atoms with E-state index in [1.165, 1.54) is 4.90 Å². The third kappa shape index (κ3) is 3.59. The fourth-order valence-corrected chi connectivity index (χ4v) is 3.81. The van der Waals surface area contributed by atoms with Crippen LogP contribution >= 0.6 is 27.5 Å². The molecule has 1 heterocycles. The Morgan fingerprint density at radius 1 is 0.897 bits per heavy atom. The Labute approximate surface area is 181 Å². The molecule has 1 aliphatic rings. The molecule has 3 aromatic carbocycles. The zero-order valence-electron chi connectivity index (χ0n) is 15.4. The van der Waals surface area contributed by atoms with E-state index in [9.17, 15) is 9.59 Å². The largest absolute Gasteiger partial charge is 0.350 e. The van der Waals surface area contributed by atoms with E-state index < -0.39 is 5.91 Å². The minimum Gasteiger partial charge on any atom is -0.350 e. The molecule has 6 heteroatoms. The number of anilines is 2. The lowest BCUT2D eigenvalue weighted by molar-refractivity contribution is -0.120. The maximum absolute atomic E-state index is 13.3. The van der Waals surface area contributed by atoms with Crippen LogP contribution in [0.3, 0.4) is 0 Å². The molecule has 144 valence electrons. The molecule has 0 aromatic heterocycles. The molecule has 0 fully saturated rings. The number of benzene rings is 3. The number of hydrogen-bond acceptors (Lipinski definition) is 3. The number of rotatable bonds is 4. The topological polar surface area (TPSA) is 49.4 Å². The number of nitrogens with zero attached hydrogens (tertiary/aromatic N) is 1. The van der Waals surface area contributed by atoms with E-state index in [1.54, 1.807) is 30.3 Å². The van der Waals surface area contributed by atoms with E-state index in [0.717, 1.165) is 10.0 Å². The Morgan fingerprint density at radius 2 is 1.62 bits per heavy atom. The fraction of sp³-hybridized carbons (Fsp3) is 0.0435. The van der Waals surface area contributed by atoms with E-state index in [0.29, 0.717) is 27.5 Å². The van der Waals surface area contributed by atoms with Gasteiger partial charge >= 0.3 is 0 Å². The van der Waals surface area contributed by atoms with Crippen LogP contribution in [0.4, 0.5) is 11.4 Å². The first-order valence-electron chi connectivity index (χ1n) is 8.93. The smallest absolute Gasteiger partial charge is 0.282 e. The van der Waals surface area contributed by atoms with Crippen molar-refractivity contribution in [2.75, 3.05) is 10.2 Å². The Balaban J connectivity index is 1.85. The zero-order chi connectivity index (χ0) is 20.5. The van der Waals surface area contributed by atoms with Gasteiger partial charge in [-0.15, -0.1) is 0 Å². The first-order chi connectivity index (χ1) is 14.0. The summed E-state index contributed by atoms with van der Waals surface area (Å²) in [7, 11) is 0. The van der Waals surface area contributed by atoms with Gasteiger partial charge in [0.1, 0.15) is 5.70 Å². The van der Waals surface area contributed by atoms with Gasteiger partial charge in [-0.05, 0) is 48.4 Å². The highest BCUT2D eigenvalue weighted by Crippen LogP contribution is 2.35. The number of imide groups is 1. The van der Waals surface area contributed by atoms with Gasteiger partial charge in [0.15, 0.2) is 0 Å². The molecule has 3 aromatic rings. The lowest BCUT2D eigenvalue weighted by atomic mass is 10.0. The Bertz CT molecular complexity index is 1160. The Hall–Kier alpha value is -2.89. The maximum Gasteiger partial charge on any atom is 0.282 e. The van der Waals surface area contributed by atoms with Crippen LogP contribution in [-0.2, 0) is 9.59 Å². The average molecular weight is 468 g/mol. The highest BCUT2D eigenvalue weighted by atomic mass is 79.9. The predicted molar refractivity (Wildman–Crippen MR) is 120 cm³/mol. The quantitative estimate of drug-likeness (QED) is 0.493. The summed E-state index contributed by atoms with van der Waals surface area (Å²) in [5.41, 5.74) is 3.21. The van der Waals surface area contributed by atoms with Gasteiger partial charge in [-0.25, -0.2) is 4.90 Å². The normalized spacial score (nSPS) is 14.0. The lowest BCUT2D eigenvalue weighted by Crippen LogP contribution is -2.32. The molecule has 0 saturated heterocycles. The summed E-state index contributed by atoms with van der Waals surface area (Å²) in [4.78, 5) is 27.9. The summed E-state index contributed by atoms with van der Waals surface area (Å²) >= 11 is 9.64. The monoisotopic (exact) mass is 466 g/mol. The van der Waals surface area contributed by atoms with Crippen LogP contribution in [0, 0.1) is 6.92 Å². The molecule has 0 unspecified atom stereocenters. The summed E-state index contributed by atoms with van der Waals surface area (Å²) in [6.07, 6.45) is 0.